The number of aliphatic carboxylic acids is 1. The van der Waals surface area contributed by atoms with Crippen LogP contribution in [0.3, 0.4) is 0 Å². The van der Waals surface area contributed by atoms with Gasteiger partial charge in [0.15, 0.2) is 0 Å². The summed E-state index contributed by atoms with van der Waals surface area (Å²) in [5, 5.41) is 8.94. The summed E-state index contributed by atoms with van der Waals surface area (Å²) >= 11 is 11.6. The number of hydrogen-bond donors (Lipinski definition) is 2. The molecule has 0 aromatic heterocycles. The standard InChI is InChI=1S/C11H13Cl2NO4S/c1-6(2)10(11(15)16)14-19(17,18)8-5-3-4-7(12)9(8)13/h3-6,10,14H,1-2H3,(H,15,16)/t10-/m1/s1. The number of carboxylic acids is 1. The van der Waals surface area contributed by atoms with Crippen LogP contribution in [0, 0.1) is 5.92 Å². The maximum absolute atomic E-state index is 12.1. The number of nitrogens with one attached hydrogen (secondary N) is 1. The Morgan fingerprint density at radius 3 is 2.37 bits per heavy atom. The van der Waals surface area contributed by atoms with Gasteiger partial charge in [0.1, 0.15) is 10.9 Å². The maximum Gasteiger partial charge on any atom is 0.322 e. The lowest BCUT2D eigenvalue weighted by Gasteiger charge is -2.18. The van der Waals surface area contributed by atoms with E-state index in [1.165, 1.54) is 18.2 Å². The van der Waals surface area contributed by atoms with Crippen LogP contribution in [-0.4, -0.2) is 25.5 Å². The van der Waals surface area contributed by atoms with Gasteiger partial charge in [0.05, 0.1) is 10.0 Å². The van der Waals surface area contributed by atoms with Crippen LogP contribution in [0.4, 0.5) is 0 Å². The Labute approximate surface area is 121 Å². The van der Waals surface area contributed by atoms with Crippen LogP contribution < -0.4 is 4.72 Å². The Kier molecular flexibility index (Phi) is 5.20. The molecule has 0 radical (unpaired) electrons. The van der Waals surface area contributed by atoms with Gasteiger partial charge in [-0.3, -0.25) is 4.79 Å². The monoisotopic (exact) mass is 325 g/mol. The van der Waals surface area contributed by atoms with Crippen molar-refractivity contribution in [1.29, 1.82) is 0 Å². The predicted molar refractivity (Wildman–Crippen MR) is 73.0 cm³/mol. The number of rotatable bonds is 5. The minimum absolute atomic E-state index is 0.0842. The largest absolute Gasteiger partial charge is 0.480 e. The van der Waals surface area contributed by atoms with Gasteiger partial charge in [0.25, 0.3) is 0 Å². The highest BCUT2D eigenvalue weighted by molar-refractivity contribution is 7.89. The van der Waals surface area contributed by atoms with Crippen LogP contribution in [0.5, 0.6) is 0 Å². The quantitative estimate of drug-likeness (QED) is 0.870. The van der Waals surface area contributed by atoms with E-state index in [-0.39, 0.29) is 14.9 Å². The van der Waals surface area contributed by atoms with Gasteiger partial charge in [0, 0.05) is 0 Å². The normalized spacial score (nSPS) is 13.5. The average molecular weight is 326 g/mol. The molecule has 5 nitrogen and oxygen atoms in total. The van der Waals surface area contributed by atoms with Crippen molar-refractivity contribution in [1.82, 2.24) is 4.72 Å². The molecule has 0 unspecified atom stereocenters. The van der Waals surface area contributed by atoms with Crippen LogP contribution in [0.15, 0.2) is 23.1 Å². The maximum atomic E-state index is 12.1. The van der Waals surface area contributed by atoms with E-state index in [9.17, 15) is 13.2 Å². The first-order valence-electron chi connectivity index (χ1n) is 5.36. The first kappa shape index (κ1) is 16.2. The molecule has 2 N–H and O–H groups in total. The lowest BCUT2D eigenvalue weighted by atomic mass is 10.1. The van der Waals surface area contributed by atoms with E-state index in [1.807, 2.05) is 0 Å². The van der Waals surface area contributed by atoms with Crippen LogP contribution in [0.25, 0.3) is 0 Å². The molecule has 1 aromatic rings. The van der Waals surface area contributed by atoms with Crippen molar-refractivity contribution in [3.8, 4) is 0 Å². The lowest BCUT2D eigenvalue weighted by molar-refractivity contribution is -0.140. The smallest absolute Gasteiger partial charge is 0.322 e. The van der Waals surface area contributed by atoms with Crippen LogP contribution in [-0.2, 0) is 14.8 Å². The van der Waals surface area contributed by atoms with Crippen LogP contribution in [0.1, 0.15) is 13.8 Å². The molecular formula is C11H13Cl2NO4S. The summed E-state index contributed by atoms with van der Waals surface area (Å²) in [5.74, 6) is -1.66. The van der Waals surface area contributed by atoms with Gasteiger partial charge in [-0.1, -0.05) is 43.1 Å². The molecular weight excluding hydrogens is 313 g/mol. The fraction of sp³-hybridized carbons (Fsp3) is 0.364. The summed E-state index contributed by atoms with van der Waals surface area (Å²) in [7, 11) is -4.05. The molecule has 1 aromatic carbocycles. The molecule has 0 saturated heterocycles. The molecule has 106 valence electrons. The van der Waals surface area contributed by atoms with E-state index in [1.54, 1.807) is 13.8 Å². The molecule has 0 bridgehead atoms. The third kappa shape index (κ3) is 3.82. The molecule has 19 heavy (non-hydrogen) atoms. The number of carbonyl (C=O) groups is 1. The SMILES string of the molecule is CC(C)[C@@H](NS(=O)(=O)c1cccc(Cl)c1Cl)C(=O)O. The minimum Gasteiger partial charge on any atom is -0.480 e. The van der Waals surface area contributed by atoms with Gasteiger partial charge < -0.3 is 5.11 Å². The van der Waals surface area contributed by atoms with E-state index in [2.05, 4.69) is 4.72 Å². The van der Waals surface area contributed by atoms with Gasteiger partial charge in [-0.05, 0) is 18.1 Å². The molecule has 0 spiro atoms. The highest BCUT2D eigenvalue weighted by atomic mass is 35.5. The molecule has 0 aliphatic heterocycles. The third-order valence-electron chi connectivity index (χ3n) is 2.42. The fourth-order valence-electron chi connectivity index (χ4n) is 1.39. The Morgan fingerprint density at radius 2 is 1.89 bits per heavy atom. The zero-order valence-corrected chi connectivity index (χ0v) is 12.6. The van der Waals surface area contributed by atoms with Crippen molar-refractivity contribution in [3.63, 3.8) is 0 Å². The Morgan fingerprint density at radius 1 is 1.32 bits per heavy atom. The molecule has 8 heteroatoms. The molecule has 0 heterocycles. The zero-order valence-electron chi connectivity index (χ0n) is 10.2. The molecule has 1 atom stereocenters. The summed E-state index contributed by atoms with van der Waals surface area (Å²) in [6.45, 7) is 3.20. The van der Waals surface area contributed by atoms with Crippen molar-refractivity contribution >= 4 is 39.2 Å². The molecule has 0 aliphatic rings. The van der Waals surface area contributed by atoms with Crippen molar-refractivity contribution in [3.05, 3.63) is 28.2 Å². The van der Waals surface area contributed by atoms with Gasteiger partial charge in [-0.25, -0.2) is 8.42 Å². The van der Waals surface area contributed by atoms with Gasteiger partial charge in [-0.2, -0.15) is 4.72 Å². The first-order chi connectivity index (χ1) is 8.66. The van der Waals surface area contributed by atoms with Crippen LogP contribution >= 0.6 is 23.2 Å². The van der Waals surface area contributed by atoms with Gasteiger partial charge in [0.2, 0.25) is 10.0 Å². The Balaban J connectivity index is 3.18. The lowest BCUT2D eigenvalue weighted by Crippen LogP contribution is -2.44. The second-order valence-corrected chi connectivity index (χ2v) is 6.70. The highest BCUT2D eigenvalue weighted by Gasteiger charge is 2.29. The Bertz CT molecular complexity index is 586. The number of carboxylic acid groups (broad SMARTS) is 1. The first-order valence-corrected chi connectivity index (χ1v) is 7.60. The number of sulfonamides is 1. The van der Waals surface area contributed by atoms with Crippen molar-refractivity contribution in [2.75, 3.05) is 0 Å². The topological polar surface area (TPSA) is 83.5 Å². The molecule has 0 fully saturated rings. The minimum atomic E-state index is -4.05. The van der Waals surface area contributed by atoms with Gasteiger partial charge in [-0.15, -0.1) is 0 Å². The predicted octanol–water partition coefficient (Wildman–Crippen LogP) is 2.38. The summed E-state index contributed by atoms with van der Waals surface area (Å²) < 4.78 is 26.3. The van der Waals surface area contributed by atoms with Crippen molar-refractivity contribution < 1.29 is 18.3 Å². The number of halogens is 2. The van der Waals surface area contributed by atoms with E-state index >= 15 is 0 Å². The second kappa shape index (κ2) is 6.09. The van der Waals surface area contributed by atoms with Crippen LogP contribution in [0.2, 0.25) is 10.0 Å². The van der Waals surface area contributed by atoms with E-state index in [4.69, 9.17) is 28.3 Å². The third-order valence-corrected chi connectivity index (χ3v) is 4.83. The Hall–Kier alpha value is -0.820. The summed E-state index contributed by atoms with van der Waals surface area (Å²) in [5.41, 5.74) is 0. The molecule has 0 amide bonds. The fourth-order valence-corrected chi connectivity index (χ4v) is 3.49. The zero-order chi connectivity index (χ0) is 14.8. The van der Waals surface area contributed by atoms with E-state index < -0.39 is 28.0 Å². The molecule has 0 saturated carbocycles. The second-order valence-electron chi connectivity index (χ2n) is 4.23. The van der Waals surface area contributed by atoms with E-state index in [0.29, 0.717) is 0 Å². The van der Waals surface area contributed by atoms with Gasteiger partial charge >= 0.3 is 5.97 Å². The highest BCUT2D eigenvalue weighted by Crippen LogP contribution is 2.29. The number of hydrogen-bond acceptors (Lipinski definition) is 3. The number of benzene rings is 1. The summed E-state index contributed by atoms with van der Waals surface area (Å²) in [6, 6.07) is 2.89. The molecule has 1 rings (SSSR count). The van der Waals surface area contributed by atoms with E-state index in [0.717, 1.165) is 0 Å². The summed E-state index contributed by atoms with van der Waals surface area (Å²) in [6.07, 6.45) is 0. The van der Waals surface area contributed by atoms with Crippen molar-refractivity contribution in [2.24, 2.45) is 5.92 Å². The molecule has 0 aliphatic carbocycles. The average Bonchev–Trinajstić information content (AvgIpc) is 2.28. The summed E-state index contributed by atoms with van der Waals surface area (Å²) in [4.78, 5) is 10.8. The van der Waals surface area contributed by atoms with Crippen molar-refractivity contribution in [2.45, 2.75) is 24.8 Å².